The van der Waals surface area contributed by atoms with Crippen LogP contribution in [0.25, 0.3) is 0 Å². The Kier molecular flexibility index (Phi) is 3.88. The van der Waals surface area contributed by atoms with Crippen LogP contribution in [0.5, 0.6) is 11.5 Å². The second kappa shape index (κ2) is 6.07. The van der Waals surface area contributed by atoms with Gasteiger partial charge in [-0.05, 0) is 48.9 Å². The number of hydrogen-bond acceptors (Lipinski definition) is 5. The van der Waals surface area contributed by atoms with Crippen molar-refractivity contribution in [2.75, 3.05) is 12.1 Å². The molecule has 2 N–H and O–H groups in total. The van der Waals surface area contributed by atoms with E-state index in [9.17, 15) is 14.7 Å². The van der Waals surface area contributed by atoms with E-state index in [2.05, 4.69) is 12.2 Å². The third-order valence-corrected chi connectivity index (χ3v) is 5.76. The van der Waals surface area contributed by atoms with Crippen LogP contribution in [0.4, 0.5) is 5.00 Å². The summed E-state index contributed by atoms with van der Waals surface area (Å²) in [5.41, 5.74) is 1.51. The van der Waals surface area contributed by atoms with Gasteiger partial charge in [-0.3, -0.25) is 4.79 Å². The molecular weight excluding hydrogens is 342 g/mol. The van der Waals surface area contributed by atoms with Gasteiger partial charge in [0, 0.05) is 10.4 Å². The fourth-order valence-corrected chi connectivity index (χ4v) is 4.68. The first-order valence-electron chi connectivity index (χ1n) is 8.11. The number of carbonyl (C=O) groups excluding carboxylic acids is 1. The van der Waals surface area contributed by atoms with Crippen LogP contribution in [0, 0.1) is 5.92 Å². The van der Waals surface area contributed by atoms with E-state index in [1.807, 2.05) is 0 Å². The lowest BCUT2D eigenvalue weighted by Gasteiger charge is -2.17. The predicted molar refractivity (Wildman–Crippen MR) is 93.0 cm³/mol. The minimum absolute atomic E-state index is 0.138. The van der Waals surface area contributed by atoms with Crippen molar-refractivity contribution in [3.05, 3.63) is 39.8 Å². The summed E-state index contributed by atoms with van der Waals surface area (Å²) in [6.45, 7) is 2.30. The molecule has 2 aromatic rings. The molecule has 1 amide bonds. The van der Waals surface area contributed by atoms with Crippen molar-refractivity contribution in [2.45, 2.75) is 26.2 Å². The van der Waals surface area contributed by atoms with Gasteiger partial charge in [-0.1, -0.05) is 6.92 Å². The van der Waals surface area contributed by atoms with Gasteiger partial charge in [0.2, 0.25) is 6.79 Å². The van der Waals surface area contributed by atoms with E-state index in [1.165, 1.54) is 11.3 Å². The van der Waals surface area contributed by atoms with Gasteiger partial charge in [0.25, 0.3) is 5.91 Å². The number of anilines is 1. The molecule has 1 unspecified atom stereocenters. The van der Waals surface area contributed by atoms with Crippen LogP contribution in [0.1, 0.15) is 44.5 Å². The van der Waals surface area contributed by atoms with Crippen molar-refractivity contribution < 1.29 is 24.2 Å². The summed E-state index contributed by atoms with van der Waals surface area (Å²) in [5.74, 6) is 0.305. The van der Waals surface area contributed by atoms with Crippen LogP contribution in [0.15, 0.2) is 18.2 Å². The lowest BCUT2D eigenvalue weighted by Crippen LogP contribution is -2.15. The quantitative estimate of drug-likeness (QED) is 0.875. The van der Waals surface area contributed by atoms with E-state index in [-0.39, 0.29) is 18.3 Å². The molecule has 2 heterocycles. The summed E-state index contributed by atoms with van der Waals surface area (Å²) in [5, 5.41) is 12.8. The number of fused-ring (bicyclic) bond motifs is 2. The maximum Gasteiger partial charge on any atom is 0.339 e. The Bertz CT molecular complexity index is 873. The van der Waals surface area contributed by atoms with Gasteiger partial charge in [-0.2, -0.15) is 0 Å². The monoisotopic (exact) mass is 359 g/mol. The van der Waals surface area contributed by atoms with E-state index in [0.29, 0.717) is 28.0 Å². The smallest absolute Gasteiger partial charge is 0.339 e. The minimum Gasteiger partial charge on any atom is -0.478 e. The molecule has 1 aromatic heterocycles. The van der Waals surface area contributed by atoms with Crippen LogP contribution in [0.2, 0.25) is 0 Å². The Morgan fingerprint density at radius 3 is 2.88 bits per heavy atom. The Hall–Kier alpha value is -2.54. The fraction of sp³-hybridized carbons (Fsp3) is 0.333. The Morgan fingerprint density at radius 1 is 1.28 bits per heavy atom. The largest absolute Gasteiger partial charge is 0.478 e. The normalized spacial score (nSPS) is 17.9. The molecule has 6 nitrogen and oxygen atoms in total. The van der Waals surface area contributed by atoms with E-state index < -0.39 is 5.97 Å². The van der Waals surface area contributed by atoms with Gasteiger partial charge in [-0.15, -0.1) is 11.3 Å². The average Bonchev–Trinajstić information content (AvgIpc) is 3.17. The molecule has 1 aromatic carbocycles. The first kappa shape index (κ1) is 16.0. The number of ether oxygens (including phenoxy) is 2. The first-order chi connectivity index (χ1) is 12.0. The molecule has 4 rings (SSSR count). The summed E-state index contributed by atoms with van der Waals surface area (Å²) in [6, 6.07) is 4.92. The predicted octanol–water partition coefficient (Wildman–Crippen LogP) is 3.55. The number of carboxylic acid groups (broad SMARTS) is 1. The number of amides is 1. The van der Waals surface area contributed by atoms with Crippen molar-refractivity contribution in [1.82, 2.24) is 0 Å². The van der Waals surface area contributed by atoms with Crippen molar-refractivity contribution in [2.24, 2.45) is 5.92 Å². The maximum atomic E-state index is 12.6. The van der Waals surface area contributed by atoms with Crippen LogP contribution in [0.3, 0.4) is 0 Å². The Labute approximate surface area is 148 Å². The molecule has 7 heteroatoms. The fourth-order valence-electron chi connectivity index (χ4n) is 3.28. The highest BCUT2D eigenvalue weighted by Gasteiger charge is 2.28. The van der Waals surface area contributed by atoms with Gasteiger partial charge in [0.1, 0.15) is 5.00 Å². The first-order valence-corrected chi connectivity index (χ1v) is 8.93. The zero-order valence-electron chi connectivity index (χ0n) is 13.6. The number of carbonyl (C=O) groups is 2. The highest BCUT2D eigenvalue weighted by Crippen LogP contribution is 2.40. The van der Waals surface area contributed by atoms with Crippen LogP contribution in [-0.4, -0.2) is 23.8 Å². The zero-order chi connectivity index (χ0) is 17.6. The molecule has 130 valence electrons. The highest BCUT2D eigenvalue weighted by molar-refractivity contribution is 7.17. The summed E-state index contributed by atoms with van der Waals surface area (Å²) in [7, 11) is 0. The number of rotatable bonds is 3. The van der Waals surface area contributed by atoms with Gasteiger partial charge in [0.15, 0.2) is 11.5 Å². The number of hydrogen-bond donors (Lipinski definition) is 2. The van der Waals surface area contributed by atoms with Crippen LogP contribution >= 0.6 is 11.3 Å². The summed E-state index contributed by atoms with van der Waals surface area (Å²) < 4.78 is 10.5. The molecule has 1 aliphatic heterocycles. The SMILES string of the molecule is CC1CCc2c(sc(NC(=O)c3ccc4c(c3)OCO4)c2C(=O)O)C1. The van der Waals surface area contributed by atoms with E-state index in [4.69, 9.17) is 9.47 Å². The second-order valence-corrected chi connectivity index (χ2v) is 7.49. The van der Waals surface area contributed by atoms with Crippen molar-refractivity contribution in [1.29, 1.82) is 0 Å². The number of benzene rings is 1. The third kappa shape index (κ3) is 2.84. The summed E-state index contributed by atoms with van der Waals surface area (Å²) >= 11 is 1.37. The standard InChI is InChI=1S/C18H17NO5S/c1-9-2-4-11-14(6-9)25-17(15(11)18(21)22)19-16(20)10-3-5-12-13(7-10)24-8-23-12/h3,5,7,9H,2,4,6,8H2,1H3,(H,19,20)(H,21,22). The lowest BCUT2D eigenvalue weighted by molar-refractivity contribution is 0.0697. The molecule has 1 aliphatic carbocycles. The van der Waals surface area contributed by atoms with Crippen LogP contribution < -0.4 is 14.8 Å². The summed E-state index contributed by atoms with van der Waals surface area (Å²) in [4.78, 5) is 25.4. The topological polar surface area (TPSA) is 84.9 Å². The Morgan fingerprint density at radius 2 is 2.08 bits per heavy atom. The lowest BCUT2D eigenvalue weighted by atomic mass is 9.88. The van der Waals surface area contributed by atoms with Crippen molar-refractivity contribution in [3.8, 4) is 11.5 Å². The van der Waals surface area contributed by atoms with Crippen molar-refractivity contribution >= 4 is 28.2 Å². The molecule has 0 saturated heterocycles. The number of nitrogens with one attached hydrogen (secondary N) is 1. The number of aromatic carboxylic acids is 1. The van der Waals surface area contributed by atoms with E-state index in [1.54, 1.807) is 18.2 Å². The van der Waals surface area contributed by atoms with Gasteiger partial charge in [0.05, 0.1) is 5.56 Å². The molecule has 0 bridgehead atoms. The third-order valence-electron chi connectivity index (χ3n) is 4.59. The molecular formula is C18H17NO5S. The van der Waals surface area contributed by atoms with E-state index in [0.717, 1.165) is 29.7 Å². The molecule has 2 aliphatic rings. The van der Waals surface area contributed by atoms with E-state index >= 15 is 0 Å². The van der Waals surface area contributed by atoms with Crippen LogP contribution in [-0.2, 0) is 12.8 Å². The maximum absolute atomic E-state index is 12.6. The molecule has 0 spiro atoms. The molecule has 0 fully saturated rings. The molecule has 25 heavy (non-hydrogen) atoms. The minimum atomic E-state index is -0.993. The van der Waals surface area contributed by atoms with Crippen molar-refractivity contribution in [3.63, 3.8) is 0 Å². The highest BCUT2D eigenvalue weighted by atomic mass is 32.1. The molecule has 0 radical (unpaired) electrons. The zero-order valence-corrected chi connectivity index (χ0v) is 14.4. The average molecular weight is 359 g/mol. The molecule has 0 saturated carbocycles. The second-order valence-electron chi connectivity index (χ2n) is 6.38. The Balaban J connectivity index is 1.64. The van der Waals surface area contributed by atoms with Gasteiger partial charge in [-0.25, -0.2) is 4.79 Å². The number of thiophene rings is 1. The summed E-state index contributed by atoms with van der Waals surface area (Å²) in [6.07, 6.45) is 2.58. The van der Waals surface area contributed by atoms with Gasteiger partial charge < -0.3 is 19.9 Å². The van der Waals surface area contributed by atoms with Gasteiger partial charge >= 0.3 is 5.97 Å². The molecule has 1 atom stereocenters. The number of carboxylic acids is 1.